The summed E-state index contributed by atoms with van der Waals surface area (Å²) in [5.41, 5.74) is 14.3. The van der Waals surface area contributed by atoms with Crippen molar-refractivity contribution in [1.82, 2.24) is 10.6 Å². The predicted molar refractivity (Wildman–Crippen MR) is 182 cm³/mol. The van der Waals surface area contributed by atoms with Crippen LogP contribution in [0.15, 0.2) is 78.9 Å². The van der Waals surface area contributed by atoms with Crippen molar-refractivity contribution in [2.75, 3.05) is 18.1 Å². The topological polar surface area (TPSA) is 137 Å². The second-order valence-electron chi connectivity index (χ2n) is 11.7. The summed E-state index contributed by atoms with van der Waals surface area (Å²) in [6.45, 7) is 2.35. The zero-order valence-corrected chi connectivity index (χ0v) is 26.6. The Hall–Kier alpha value is -4.33. The monoisotopic (exact) mass is 614 g/mol. The van der Waals surface area contributed by atoms with E-state index in [4.69, 9.17) is 16.2 Å². The van der Waals surface area contributed by atoms with Gasteiger partial charge in [0.15, 0.2) is 0 Å². The standard InChI is InChI=1S/C37H50N4O4/c1-2-3-4-5-6-7-8-9-13-16-33(40-35(42)28-17-21-31(38)22-18-28)27-34(41-36(43)29-19-23-32(39)24-20-29)25-26-45-37(44)30-14-11-10-12-15-30/h10-12,14-15,17-24,33-34H,2-9,13,16,25-27,38-39H2,1H3,(H,40,42)(H,41,43). The molecule has 0 aliphatic rings. The molecule has 0 heterocycles. The van der Waals surface area contributed by atoms with Crippen LogP contribution >= 0.6 is 0 Å². The maximum atomic E-state index is 13.2. The Labute approximate surface area is 268 Å². The van der Waals surface area contributed by atoms with Crippen LogP contribution < -0.4 is 22.1 Å². The molecule has 2 unspecified atom stereocenters. The fourth-order valence-electron chi connectivity index (χ4n) is 5.30. The Morgan fingerprint density at radius 1 is 0.600 bits per heavy atom. The van der Waals surface area contributed by atoms with Gasteiger partial charge in [-0.2, -0.15) is 0 Å². The van der Waals surface area contributed by atoms with Crippen LogP contribution in [0.2, 0.25) is 0 Å². The van der Waals surface area contributed by atoms with E-state index in [0.29, 0.717) is 40.9 Å². The average molecular weight is 615 g/mol. The van der Waals surface area contributed by atoms with E-state index >= 15 is 0 Å². The molecule has 0 saturated heterocycles. The van der Waals surface area contributed by atoms with Gasteiger partial charge in [0.05, 0.1) is 12.2 Å². The first-order valence-corrected chi connectivity index (χ1v) is 16.4. The Balaban J connectivity index is 1.66. The van der Waals surface area contributed by atoms with Gasteiger partial charge in [-0.1, -0.05) is 82.9 Å². The van der Waals surface area contributed by atoms with Crippen molar-refractivity contribution in [3.8, 4) is 0 Å². The summed E-state index contributed by atoms with van der Waals surface area (Å²) in [5.74, 6) is -0.849. The molecule has 3 aromatic rings. The molecule has 6 N–H and O–H groups in total. The lowest BCUT2D eigenvalue weighted by Gasteiger charge is -2.26. The summed E-state index contributed by atoms with van der Waals surface area (Å²) in [6.07, 6.45) is 12.5. The molecule has 0 saturated carbocycles. The number of hydrogen-bond donors (Lipinski definition) is 4. The molecule has 0 radical (unpaired) electrons. The third-order valence-electron chi connectivity index (χ3n) is 7.95. The highest BCUT2D eigenvalue weighted by molar-refractivity contribution is 5.95. The number of anilines is 2. The van der Waals surface area contributed by atoms with Crippen LogP contribution in [0.3, 0.4) is 0 Å². The van der Waals surface area contributed by atoms with Crippen molar-refractivity contribution in [2.24, 2.45) is 0 Å². The predicted octanol–water partition coefficient (Wildman–Crippen LogP) is 7.31. The van der Waals surface area contributed by atoms with Gasteiger partial charge in [0, 0.05) is 41.0 Å². The Morgan fingerprint density at radius 3 is 1.58 bits per heavy atom. The summed E-state index contributed by atoms with van der Waals surface area (Å²) >= 11 is 0. The first-order valence-electron chi connectivity index (χ1n) is 16.4. The first kappa shape index (κ1) is 35.2. The van der Waals surface area contributed by atoms with Crippen molar-refractivity contribution >= 4 is 29.2 Å². The summed E-state index contributed by atoms with van der Waals surface area (Å²) in [5, 5.41) is 6.31. The van der Waals surface area contributed by atoms with E-state index in [9.17, 15) is 14.4 Å². The number of unbranched alkanes of at least 4 members (excludes halogenated alkanes) is 8. The zero-order chi connectivity index (χ0) is 32.3. The van der Waals surface area contributed by atoms with Gasteiger partial charge < -0.3 is 26.8 Å². The molecular weight excluding hydrogens is 564 g/mol. The highest BCUT2D eigenvalue weighted by Gasteiger charge is 2.22. The SMILES string of the molecule is CCCCCCCCCCCC(CC(CCOC(=O)c1ccccc1)NC(=O)c1ccc(N)cc1)NC(=O)c1ccc(N)cc1. The third-order valence-corrected chi connectivity index (χ3v) is 7.95. The van der Waals surface area contributed by atoms with E-state index in [1.165, 1.54) is 38.5 Å². The summed E-state index contributed by atoms with van der Waals surface area (Å²) in [4.78, 5) is 39.0. The largest absolute Gasteiger partial charge is 0.462 e. The van der Waals surface area contributed by atoms with Gasteiger partial charge in [-0.3, -0.25) is 9.59 Å². The summed E-state index contributed by atoms with van der Waals surface area (Å²) in [7, 11) is 0. The maximum absolute atomic E-state index is 13.2. The van der Waals surface area contributed by atoms with Crippen LogP contribution in [0.4, 0.5) is 11.4 Å². The highest BCUT2D eigenvalue weighted by Crippen LogP contribution is 2.17. The summed E-state index contributed by atoms with van der Waals surface area (Å²) < 4.78 is 5.56. The normalized spacial score (nSPS) is 12.2. The molecule has 0 aromatic heterocycles. The molecule has 0 spiro atoms. The molecule has 8 heteroatoms. The fourth-order valence-corrected chi connectivity index (χ4v) is 5.30. The van der Waals surface area contributed by atoms with Gasteiger partial charge in [-0.25, -0.2) is 4.79 Å². The number of rotatable bonds is 20. The van der Waals surface area contributed by atoms with Crippen LogP contribution in [-0.2, 0) is 4.74 Å². The second kappa shape index (κ2) is 19.8. The van der Waals surface area contributed by atoms with Crippen molar-refractivity contribution < 1.29 is 19.1 Å². The molecule has 3 aromatic carbocycles. The number of esters is 1. The van der Waals surface area contributed by atoms with Gasteiger partial charge >= 0.3 is 5.97 Å². The molecule has 0 aliphatic carbocycles. The number of amides is 2. The fraction of sp³-hybridized carbons (Fsp3) is 0.432. The van der Waals surface area contributed by atoms with E-state index in [2.05, 4.69) is 17.6 Å². The molecular formula is C37H50N4O4. The smallest absolute Gasteiger partial charge is 0.338 e. The lowest BCUT2D eigenvalue weighted by atomic mass is 9.97. The zero-order valence-electron chi connectivity index (χ0n) is 26.6. The maximum Gasteiger partial charge on any atom is 0.338 e. The lowest BCUT2D eigenvalue weighted by Crippen LogP contribution is -2.43. The van der Waals surface area contributed by atoms with Crippen molar-refractivity contribution in [1.29, 1.82) is 0 Å². The number of benzene rings is 3. The molecule has 0 aliphatic heterocycles. The first-order chi connectivity index (χ1) is 21.9. The van der Waals surface area contributed by atoms with Crippen LogP contribution in [0.5, 0.6) is 0 Å². The number of carbonyl (C=O) groups is 3. The van der Waals surface area contributed by atoms with Crippen LogP contribution in [0, 0.1) is 0 Å². The van der Waals surface area contributed by atoms with Crippen LogP contribution in [0.25, 0.3) is 0 Å². The number of nitrogen functional groups attached to an aromatic ring is 2. The molecule has 0 fully saturated rings. The van der Waals surface area contributed by atoms with Crippen molar-refractivity contribution in [2.45, 2.75) is 96.1 Å². The third kappa shape index (κ3) is 13.5. The lowest BCUT2D eigenvalue weighted by molar-refractivity contribution is 0.0487. The molecule has 242 valence electrons. The van der Waals surface area contributed by atoms with Gasteiger partial charge in [0.1, 0.15) is 0 Å². The number of nitrogens with two attached hydrogens (primary N) is 2. The Kier molecular flexibility index (Phi) is 15.5. The van der Waals surface area contributed by atoms with Crippen molar-refractivity contribution in [3.05, 3.63) is 95.6 Å². The van der Waals surface area contributed by atoms with Gasteiger partial charge in [0.2, 0.25) is 0 Å². The minimum absolute atomic E-state index is 0.122. The quantitative estimate of drug-likeness (QED) is 0.0599. The van der Waals surface area contributed by atoms with E-state index in [1.807, 2.05) is 6.07 Å². The van der Waals surface area contributed by atoms with Crippen LogP contribution in [-0.4, -0.2) is 36.5 Å². The summed E-state index contributed by atoms with van der Waals surface area (Å²) in [6, 6.07) is 21.8. The Morgan fingerprint density at radius 2 is 1.07 bits per heavy atom. The van der Waals surface area contributed by atoms with Gasteiger partial charge in [0.25, 0.3) is 11.8 Å². The second-order valence-corrected chi connectivity index (χ2v) is 11.7. The highest BCUT2D eigenvalue weighted by atomic mass is 16.5. The molecule has 45 heavy (non-hydrogen) atoms. The van der Waals surface area contributed by atoms with E-state index in [0.717, 1.165) is 25.7 Å². The molecule has 3 rings (SSSR count). The van der Waals surface area contributed by atoms with E-state index in [1.54, 1.807) is 72.8 Å². The number of hydrogen-bond acceptors (Lipinski definition) is 6. The van der Waals surface area contributed by atoms with E-state index in [-0.39, 0.29) is 30.5 Å². The van der Waals surface area contributed by atoms with Crippen LogP contribution in [0.1, 0.15) is 115 Å². The van der Waals surface area contributed by atoms with Gasteiger partial charge in [-0.15, -0.1) is 0 Å². The number of carbonyl (C=O) groups excluding carboxylic acids is 3. The molecule has 2 atom stereocenters. The van der Waals surface area contributed by atoms with Crippen molar-refractivity contribution in [3.63, 3.8) is 0 Å². The molecule has 0 bridgehead atoms. The molecule has 2 amide bonds. The molecule has 8 nitrogen and oxygen atoms in total. The number of nitrogens with one attached hydrogen (secondary N) is 2. The average Bonchev–Trinajstić information content (AvgIpc) is 3.04. The van der Waals surface area contributed by atoms with Gasteiger partial charge in [-0.05, 0) is 73.5 Å². The Bertz CT molecular complexity index is 1300. The number of ether oxygens (including phenoxy) is 1. The minimum atomic E-state index is -0.415. The van der Waals surface area contributed by atoms with E-state index < -0.39 is 5.97 Å². The minimum Gasteiger partial charge on any atom is -0.462 e.